The zero-order valence-corrected chi connectivity index (χ0v) is 22.2. The van der Waals surface area contributed by atoms with Gasteiger partial charge in [0, 0.05) is 17.6 Å². The molecule has 186 valence electrons. The summed E-state index contributed by atoms with van der Waals surface area (Å²) in [4.78, 5) is 28.0. The highest BCUT2D eigenvalue weighted by Crippen LogP contribution is 2.24. The summed E-state index contributed by atoms with van der Waals surface area (Å²) in [6.07, 6.45) is 1.43. The molecule has 0 heterocycles. The van der Waals surface area contributed by atoms with Gasteiger partial charge < -0.3 is 10.2 Å². The fourth-order valence-electron chi connectivity index (χ4n) is 3.82. The van der Waals surface area contributed by atoms with Crippen LogP contribution < -0.4 is 9.62 Å². The average molecular weight is 508 g/mol. The van der Waals surface area contributed by atoms with Gasteiger partial charge in [0.25, 0.3) is 0 Å². The summed E-state index contributed by atoms with van der Waals surface area (Å²) in [5.41, 5.74) is 2.84. The molecule has 34 heavy (non-hydrogen) atoms. The Bertz CT molecular complexity index is 1110. The first-order valence-electron chi connectivity index (χ1n) is 11.2. The Kier molecular flexibility index (Phi) is 9.53. The van der Waals surface area contributed by atoms with E-state index in [2.05, 4.69) is 5.32 Å². The number of carbonyl (C=O) groups is 2. The van der Waals surface area contributed by atoms with Crippen LogP contribution in [0.1, 0.15) is 43.9 Å². The molecule has 0 aliphatic carbocycles. The number of sulfonamides is 1. The predicted molar refractivity (Wildman–Crippen MR) is 137 cm³/mol. The summed E-state index contributed by atoms with van der Waals surface area (Å²) in [7, 11) is -3.77. The molecule has 0 aliphatic rings. The van der Waals surface area contributed by atoms with Gasteiger partial charge in [-0.05, 0) is 69.0 Å². The third-order valence-electron chi connectivity index (χ3n) is 5.29. The van der Waals surface area contributed by atoms with E-state index in [1.807, 2.05) is 40.7 Å². The molecule has 0 saturated carbocycles. The Labute approximate surface area is 208 Å². The summed E-state index contributed by atoms with van der Waals surface area (Å²) in [5, 5.41) is 3.33. The van der Waals surface area contributed by atoms with Crippen LogP contribution in [0.3, 0.4) is 0 Å². The Balaban J connectivity index is 2.49. The van der Waals surface area contributed by atoms with Gasteiger partial charge in [0.05, 0.1) is 11.9 Å². The van der Waals surface area contributed by atoms with Crippen molar-refractivity contribution < 1.29 is 18.0 Å². The summed E-state index contributed by atoms with van der Waals surface area (Å²) >= 11 is 6.35. The van der Waals surface area contributed by atoms with E-state index in [4.69, 9.17) is 11.6 Å². The number of benzene rings is 2. The number of hydrogen-bond acceptors (Lipinski definition) is 4. The molecule has 0 spiro atoms. The van der Waals surface area contributed by atoms with Crippen molar-refractivity contribution in [2.75, 3.05) is 17.1 Å². The van der Waals surface area contributed by atoms with Crippen LogP contribution in [0, 0.1) is 13.8 Å². The van der Waals surface area contributed by atoms with E-state index in [-0.39, 0.29) is 18.5 Å². The molecule has 0 aliphatic heterocycles. The van der Waals surface area contributed by atoms with Gasteiger partial charge in [-0.2, -0.15) is 0 Å². The highest BCUT2D eigenvalue weighted by atomic mass is 35.5. The Hall–Kier alpha value is -2.58. The summed E-state index contributed by atoms with van der Waals surface area (Å²) in [6.45, 7) is 8.88. The molecule has 2 amide bonds. The molecule has 0 unspecified atom stereocenters. The molecule has 2 aromatic rings. The van der Waals surface area contributed by atoms with Gasteiger partial charge >= 0.3 is 0 Å². The topological polar surface area (TPSA) is 86.8 Å². The number of carbonyl (C=O) groups excluding carboxylic acids is 2. The maximum Gasteiger partial charge on any atom is 0.244 e. The van der Waals surface area contributed by atoms with Gasteiger partial charge in [0.15, 0.2) is 0 Å². The fraction of sp³-hybridized carbons (Fsp3) is 0.440. The Morgan fingerprint density at radius 1 is 1.06 bits per heavy atom. The third-order valence-corrected chi connectivity index (χ3v) is 6.80. The van der Waals surface area contributed by atoms with Crippen LogP contribution in [-0.2, 0) is 26.2 Å². The molecule has 1 N–H and O–H groups in total. The van der Waals surface area contributed by atoms with Gasteiger partial charge in [-0.3, -0.25) is 13.9 Å². The lowest BCUT2D eigenvalue weighted by Gasteiger charge is -2.33. The summed E-state index contributed by atoms with van der Waals surface area (Å²) in [5.74, 6) is -0.787. The molecule has 2 rings (SSSR count). The number of hydrogen-bond donors (Lipinski definition) is 1. The van der Waals surface area contributed by atoms with E-state index in [0.717, 1.165) is 21.7 Å². The second-order valence-electron chi connectivity index (χ2n) is 8.82. The second kappa shape index (κ2) is 11.7. The van der Waals surface area contributed by atoms with Crippen LogP contribution in [0.15, 0.2) is 42.5 Å². The van der Waals surface area contributed by atoms with E-state index in [0.29, 0.717) is 22.7 Å². The Morgan fingerprint density at radius 2 is 1.65 bits per heavy atom. The van der Waals surface area contributed by atoms with Crippen molar-refractivity contribution >= 4 is 39.1 Å². The van der Waals surface area contributed by atoms with Crippen molar-refractivity contribution in [2.45, 2.75) is 59.7 Å². The summed E-state index contributed by atoms with van der Waals surface area (Å²) < 4.78 is 26.5. The number of halogens is 1. The highest BCUT2D eigenvalue weighted by Gasteiger charge is 2.32. The van der Waals surface area contributed by atoms with Crippen molar-refractivity contribution in [1.29, 1.82) is 0 Å². The first kappa shape index (κ1) is 27.7. The first-order valence-corrected chi connectivity index (χ1v) is 13.4. The van der Waals surface area contributed by atoms with Crippen molar-refractivity contribution in [3.05, 3.63) is 64.2 Å². The maximum atomic E-state index is 13.6. The standard InChI is InChI=1S/C25H34ClN3O4S/c1-7-23(25(31)27-17(2)3)28(15-20-10-8-9-11-22(20)26)24(30)16-29(34(6,32)33)21-13-18(4)12-19(5)14-21/h8-14,17,23H,7,15-16H2,1-6H3,(H,27,31)/t23-/m1/s1. The molecular weight excluding hydrogens is 474 g/mol. The first-order chi connectivity index (χ1) is 15.8. The third kappa shape index (κ3) is 7.46. The molecule has 0 saturated heterocycles. The SMILES string of the molecule is CC[C@H](C(=O)NC(C)C)N(Cc1ccccc1Cl)C(=O)CN(c1cc(C)cc(C)c1)S(C)(=O)=O. The van der Waals surface area contributed by atoms with Crippen LogP contribution in [0.25, 0.3) is 0 Å². The van der Waals surface area contributed by atoms with Crippen molar-refractivity contribution in [3.8, 4) is 0 Å². The lowest BCUT2D eigenvalue weighted by Crippen LogP contribution is -2.53. The van der Waals surface area contributed by atoms with Crippen LogP contribution in [0.2, 0.25) is 5.02 Å². The Morgan fingerprint density at radius 3 is 2.15 bits per heavy atom. The van der Waals surface area contributed by atoms with Crippen LogP contribution in [-0.4, -0.2) is 50.0 Å². The smallest absolute Gasteiger partial charge is 0.244 e. The molecule has 0 aromatic heterocycles. The lowest BCUT2D eigenvalue weighted by molar-refractivity contribution is -0.140. The number of anilines is 1. The van der Waals surface area contributed by atoms with Crippen molar-refractivity contribution in [3.63, 3.8) is 0 Å². The minimum Gasteiger partial charge on any atom is -0.352 e. The van der Waals surface area contributed by atoms with E-state index < -0.39 is 28.5 Å². The van der Waals surface area contributed by atoms with Crippen LogP contribution in [0.5, 0.6) is 0 Å². The molecule has 0 radical (unpaired) electrons. The highest BCUT2D eigenvalue weighted by molar-refractivity contribution is 7.92. The molecule has 2 aromatic carbocycles. The van der Waals surface area contributed by atoms with E-state index >= 15 is 0 Å². The summed E-state index contributed by atoms with van der Waals surface area (Å²) in [6, 6.07) is 11.6. The quantitative estimate of drug-likeness (QED) is 0.525. The largest absolute Gasteiger partial charge is 0.352 e. The van der Waals surface area contributed by atoms with Crippen LogP contribution >= 0.6 is 11.6 Å². The van der Waals surface area contributed by atoms with Gasteiger partial charge in [0.2, 0.25) is 21.8 Å². The number of nitrogens with zero attached hydrogens (tertiary/aromatic N) is 2. The number of aryl methyl sites for hydroxylation is 2. The minimum atomic E-state index is -3.77. The number of amides is 2. The fourth-order valence-corrected chi connectivity index (χ4v) is 4.85. The molecule has 0 fully saturated rings. The van der Waals surface area contributed by atoms with Crippen molar-refractivity contribution in [2.24, 2.45) is 0 Å². The van der Waals surface area contributed by atoms with Crippen molar-refractivity contribution in [1.82, 2.24) is 10.2 Å². The van der Waals surface area contributed by atoms with E-state index in [9.17, 15) is 18.0 Å². The van der Waals surface area contributed by atoms with Gasteiger partial charge in [-0.1, -0.05) is 42.8 Å². The average Bonchev–Trinajstić information content (AvgIpc) is 2.70. The van der Waals surface area contributed by atoms with Gasteiger partial charge in [-0.25, -0.2) is 8.42 Å². The van der Waals surface area contributed by atoms with Gasteiger partial charge in [0.1, 0.15) is 12.6 Å². The monoisotopic (exact) mass is 507 g/mol. The van der Waals surface area contributed by atoms with Crippen LogP contribution in [0.4, 0.5) is 5.69 Å². The predicted octanol–water partition coefficient (Wildman–Crippen LogP) is 4.05. The second-order valence-corrected chi connectivity index (χ2v) is 11.1. The molecule has 0 bridgehead atoms. The zero-order chi connectivity index (χ0) is 25.6. The number of nitrogens with one attached hydrogen (secondary N) is 1. The molecule has 7 nitrogen and oxygen atoms in total. The van der Waals surface area contributed by atoms with E-state index in [1.54, 1.807) is 36.4 Å². The molecular formula is C25H34ClN3O4S. The van der Waals surface area contributed by atoms with E-state index in [1.165, 1.54) is 4.90 Å². The number of rotatable bonds is 10. The maximum absolute atomic E-state index is 13.6. The van der Waals surface area contributed by atoms with Gasteiger partial charge in [-0.15, -0.1) is 0 Å². The molecule has 1 atom stereocenters. The zero-order valence-electron chi connectivity index (χ0n) is 20.6. The normalized spacial score (nSPS) is 12.4. The minimum absolute atomic E-state index is 0.0764. The lowest BCUT2D eigenvalue weighted by atomic mass is 10.1. The molecule has 9 heteroatoms.